The summed E-state index contributed by atoms with van der Waals surface area (Å²) in [5.74, 6) is -1.93. The van der Waals surface area contributed by atoms with Crippen molar-refractivity contribution in [3.05, 3.63) is 240 Å². The second-order valence-corrected chi connectivity index (χ2v) is 50.4. The van der Waals surface area contributed by atoms with E-state index in [0.717, 1.165) is 28.2 Å². The Kier molecular flexibility index (Phi) is 37.3. The number of amides is 3. The molecular weight excluding hydrogens is 1940 g/mol. The number of amidine groups is 3. The molecule has 6 aromatic carbocycles. The highest BCUT2D eigenvalue weighted by Crippen LogP contribution is 2.61. The number of pyridine rings is 3. The second kappa shape index (κ2) is 45.9. The normalized spacial score (nSPS) is 19.1. The molecule has 7 heterocycles. The van der Waals surface area contributed by atoms with Crippen molar-refractivity contribution in [2.45, 2.75) is 216 Å². The lowest BCUT2D eigenvalue weighted by Gasteiger charge is -2.47. The number of anilines is 4. The third-order valence-electron chi connectivity index (χ3n) is 22.1. The van der Waals surface area contributed by atoms with Crippen molar-refractivity contribution in [1.82, 2.24) is 44.4 Å². The minimum absolute atomic E-state index is 0.0217. The van der Waals surface area contributed by atoms with Crippen molar-refractivity contribution in [2.24, 2.45) is 9.53 Å². The summed E-state index contributed by atoms with van der Waals surface area (Å²) in [6, 6.07) is 45.6. The van der Waals surface area contributed by atoms with Gasteiger partial charge in [-0.15, -0.1) is 0 Å². The van der Waals surface area contributed by atoms with Crippen LogP contribution < -0.4 is 15.5 Å². The molecule has 3 amide bonds. The van der Waals surface area contributed by atoms with Gasteiger partial charge in [-0.3, -0.25) is 23.8 Å². The van der Waals surface area contributed by atoms with Gasteiger partial charge in [0.15, 0.2) is 5.82 Å². The molecule has 0 aliphatic carbocycles. The fourth-order valence-corrected chi connectivity index (χ4v) is 20.0. The number of carbonyl (C=O) groups excluding carboxylic acids is 3. The van der Waals surface area contributed by atoms with Crippen molar-refractivity contribution in [2.75, 3.05) is 74.8 Å². The van der Waals surface area contributed by atoms with Crippen molar-refractivity contribution < 1.29 is 55.5 Å². The molecule has 37 heteroatoms. The van der Waals surface area contributed by atoms with Crippen LogP contribution in [0.5, 0.6) is 0 Å². The van der Waals surface area contributed by atoms with E-state index in [9.17, 15) is 36.9 Å². The molecule has 24 nitrogen and oxygen atoms in total. The third kappa shape index (κ3) is 29.1. The average molecular weight is 2070 g/mol. The van der Waals surface area contributed by atoms with Crippen LogP contribution in [0.4, 0.5) is 50.4 Å². The summed E-state index contributed by atoms with van der Waals surface area (Å²) in [6.45, 7) is 47.4. The number of hydrogen-bond donors (Lipinski definition) is 3. The Hall–Kier alpha value is -9.10. The average Bonchev–Trinajstić information content (AvgIpc) is 0.723. The number of benzene rings is 6. The zero-order chi connectivity index (χ0) is 101. The summed E-state index contributed by atoms with van der Waals surface area (Å²) in [4.78, 5) is 63.3. The Morgan fingerprint density at radius 3 is 1.26 bits per heavy atom. The first-order valence-corrected chi connectivity index (χ1v) is 54.7. The number of nitrogens with two attached hydrogens (primary N) is 1. The van der Waals surface area contributed by atoms with Crippen LogP contribution in [0.15, 0.2) is 173 Å². The van der Waals surface area contributed by atoms with Crippen LogP contribution >= 0.6 is 101 Å². The van der Waals surface area contributed by atoms with E-state index in [1.807, 2.05) is 180 Å². The van der Waals surface area contributed by atoms with Crippen molar-refractivity contribution in [3.63, 3.8) is 0 Å². The molecule has 13 rings (SSSR count). The summed E-state index contributed by atoms with van der Waals surface area (Å²) >= 11 is 42.9. The van der Waals surface area contributed by atoms with Gasteiger partial charge >= 0.3 is 18.3 Å². The summed E-state index contributed by atoms with van der Waals surface area (Å²) in [6.07, 6.45) is -1.16. The lowest BCUT2D eigenvalue weighted by Crippen LogP contribution is -2.60. The van der Waals surface area contributed by atoms with E-state index >= 15 is 4.39 Å². The number of rotatable bonds is 12. The summed E-state index contributed by atoms with van der Waals surface area (Å²) in [5.41, 5.74) is 12.1. The van der Waals surface area contributed by atoms with E-state index in [4.69, 9.17) is 120 Å². The number of aromatic nitrogens is 3. The molecule has 8 atom stereocenters. The van der Waals surface area contributed by atoms with Crippen LogP contribution in [0.2, 0.25) is 25.4 Å². The lowest BCUT2D eigenvalue weighted by molar-refractivity contribution is -0.000379. The van der Waals surface area contributed by atoms with Gasteiger partial charge in [-0.05, 0) is 234 Å². The molecule has 4 N–H and O–H groups in total. The number of hydrogen-bond acceptors (Lipinski definition) is 15. The van der Waals surface area contributed by atoms with Crippen molar-refractivity contribution in [3.8, 4) is 33.8 Å². The molecule has 3 fully saturated rings. The number of halogens is 10. The van der Waals surface area contributed by atoms with Gasteiger partial charge in [0.2, 0.25) is 5.85 Å². The first-order valence-electron chi connectivity index (χ1n) is 44.7. The van der Waals surface area contributed by atoms with E-state index in [1.54, 1.807) is 105 Å². The van der Waals surface area contributed by atoms with Gasteiger partial charge in [-0.2, -0.15) is 9.53 Å². The van der Waals surface area contributed by atoms with Crippen LogP contribution in [-0.2, 0) is 27.9 Å². The van der Waals surface area contributed by atoms with Crippen LogP contribution in [0.3, 0.4) is 0 Å². The topological polar surface area (TPSA) is 278 Å². The summed E-state index contributed by atoms with van der Waals surface area (Å²) in [5, 5.41) is 12.6. The van der Waals surface area contributed by atoms with Gasteiger partial charge < -0.3 is 54.4 Å². The van der Waals surface area contributed by atoms with Crippen LogP contribution in [0.25, 0.3) is 33.8 Å². The minimum atomic E-state index is -3.51. The quantitative estimate of drug-likeness (QED) is 0.0256. The monoisotopic (exact) mass is 2060 g/mol. The number of para-hydroxylation sites is 3. The molecule has 3 saturated heterocycles. The highest BCUT2D eigenvalue weighted by molar-refractivity contribution is 8.08. The summed E-state index contributed by atoms with van der Waals surface area (Å²) < 4.78 is 111. The largest absolute Gasteiger partial charge is 0.444 e. The van der Waals surface area contributed by atoms with Gasteiger partial charge in [-0.1, -0.05) is 191 Å². The number of nitrogens with one attached hydrogen (secondary N) is 2. The molecule has 4 aliphatic heterocycles. The number of fused-ring (bicyclic) bond motifs is 1. The predicted molar refractivity (Wildman–Crippen MR) is 554 cm³/mol. The van der Waals surface area contributed by atoms with Gasteiger partial charge in [0, 0.05) is 124 Å². The third-order valence-corrected chi connectivity index (χ3v) is 26.4. The summed E-state index contributed by atoms with van der Waals surface area (Å²) in [7, 11) is -7.00. The first-order chi connectivity index (χ1) is 63.2. The number of nitrogen functional groups attached to an aromatic ring is 1. The Morgan fingerprint density at radius 2 is 0.831 bits per heavy atom. The smallest absolute Gasteiger partial charge is 0.410 e. The molecule has 4 aliphatic rings. The zero-order valence-electron chi connectivity index (χ0n) is 81.3. The number of nitrogens with zero attached hydrogens (tertiary/aromatic N) is 12. The molecule has 0 radical (unpaired) electrons. The van der Waals surface area contributed by atoms with Gasteiger partial charge in [-0.25, -0.2) is 42.5 Å². The molecule has 136 heavy (non-hydrogen) atoms. The van der Waals surface area contributed by atoms with Crippen molar-refractivity contribution in [1.29, 1.82) is 5.41 Å². The van der Waals surface area contributed by atoms with E-state index in [1.165, 1.54) is 30.4 Å². The van der Waals surface area contributed by atoms with E-state index in [0.29, 0.717) is 79.4 Å². The zero-order valence-corrected chi connectivity index (χ0v) is 89.2. The van der Waals surface area contributed by atoms with Gasteiger partial charge in [0.25, 0.3) is 14.9 Å². The minimum Gasteiger partial charge on any atom is -0.444 e. The highest BCUT2D eigenvalue weighted by atomic mass is 35.9. The SMILES string of the molecule is CC(C)c1ccccc1N.CC(C)c1ccccc1N1c2nc(-c3ccccc3F)c(Cl)cc2C(N2C[C@@H](C)N(C(=O)OC(C)(C)C)C[C@@H]2C)=NP1(C)=O.CC(C)c1ccccc1NP(C)(=O)N=C(c1cc(Cl)c(-c2ccccc2F)nc1Cl)N1C[C@@H](C)N(C(=O)OC(C)(C)C)C[C@@H]1C.CP(=O)(Cl)Cl.C[C@@H]1CN(C(=N)c2cc(Cl)c(-c3ccccc3F)nc2Cl)[C@@H](C)CN1C(=O)OC(C)(C)C. The maximum Gasteiger partial charge on any atom is 0.410 e. The Balaban J connectivity index is 0.000000214. The van der Waals surface area contributed by atoms with Gasteiger partial charge in [0.1, 0.15) is 62.1 Å². The molecule has 0 spiro atoms. The van der Waals surface area contributed by atoms with E-state index < -0.39 is 61.1 Å². The lowest BCUT2D eigenvalue weighted by atomic mass is 10.0. The maximum absolute atomic E-state index is 15.1. The standard InChI is InChI=1S/C33H41Cl2FN5O3P.C33H40ClFN5O3P.C23H27Cl2FN4O2.C9H13N.CH3Cl2OP/c1-20(2)23-13-10-12-16-28(23)38-45(8,43)39-31(40-18-22(4)41(19-21(40)3)32(42)44-33(5,6)7)25-17-26(34)29(37-30(25)35)24-14-9-11-15-27(24)36;1-20(2)23-13-10-12-16-28(23)40-30-25(17-26(34)29(36-30)24-14-9-11-15-27(24)35)31(37-44(40,8)42)38-18-22(4)39(19-21(38)3)32(41)43-33(5,6)7;1-13-12-30(22(31)32-23(3,4)5)14(2)11-29(13)21(27)16-10-17(24)19(28-20(16)25)15-8-6-7-9-18(15)26;1-7(2)8-5-3-4-6-9(8)10;1-5(2,3)4/h9-17,20-22H,18-19H2,1-8H3,(H,38,43);9-17,20-22H,18-19H2,1-8H3;6-10,13-14,27H,11-12H2,1-5H3;3-7H,10H2,1-2H3;1H3/t21-,22+,45?;21-,22+,44?;13-,14+;;/m000../s1. The number of ether oxygens (including phenoxy) is 3. The number of piperazine rings is 3. The molecule has 3 aromatic heterocycles. The molecule has 2 unspecified atom stereocenters. The maximum atomic E-state index is 15.1. The van der Waals surface area contributed by atoms with Crippen LogP contribution in [0.1, 0.15) is 197 Å². The first kappa shape index (κ1) is 111. The predicted octanol–water partition coefficient (Wildman–Crippen LogP) is 28.6. The number of carbonyl (C=O) groups is 3. The molecule has 0 saturated carbocycles. The Labute approximate surface area is 833 Å². The Morgan fingerprint density at radius 1 is 0.485 bits per heavy atom. The highest BCUT2D eigenvalue weighted by Gasteiger charge is 2.45. The van der Waals surface area contributed by atoms with E-state index in [2.05, 4.69) is 67.6 Å². The molecule has 734 valence electrons. The van der Waals surface area contributed by atoms with Crippen LogP contribution in [-0.4, -0.2) is 192 Å². The molecule has 9 aromatic rings. The van der Waals surface area contributed by atoms with E-state index in [-0.39, 0.29) is 125 Å². The molecule has 0 bridgehead atoms. The fraction of sp³-hybridized carbons (Fsp3) is 0.424. The van der Waals surface area contributed by atoms with Crippen LogP contribution in [0, 0.1) is 22.9 Å². The van der Waals surface area contributed by atoms with Crippen molar-refractivity contribution >= 4 is 160 Å². The van der Waals surface area contributed by atoms with Gasteiger partial charge in [0.05, 0.1) is 54.5 Å². The fourth-order valence-electron chi connectivity index (χ4n) is 15.7. The Bertz CT molecular complexity index is 6050. The second-order valence-electron chi connectivity index (χ2n) is 38.2. The molecular formula is C99H124Cl7F3N15O9P3.